The number of hydrogen-bond donors (Lipinski definition) is 1. The minimum Gasteiger partial charge on any atom is -0.490 e. The molecule has 10 heteroatoms. The lowest BCUT2D eigenvalue weighted by Gasteiger charge is -2.18. The number of ether oxygens (including phenoxy) is 6. The zero-order valence-corrected chi connectivity index (χ0v) is 89.6. The van der Waals surface area contributed by atoms with Gasteiger partial charge in [0.25, 0.3) is 0 Å². The van der Waals surface area contributed by atoms with Crippen LogP contribution in [0.5, 0.6) is 34.5 Å². The molecule has 0 unspecified atom stereocenters. The van der Waals surface area contributed by atoms with Gasteiger partial charge in [-0.3, -0.25) is 0 Å². The third-order valence-electron chi connectivity index (χ3n) is 28.0. The molecule has 0 aliphatic rings. The van der Waals surface area contributed by atoms with Crippen molar-refractivity contribution in [2.24, 2.45) is 4.99 Å². The summed E-state index contributed by atoms with van der Waals surface area (Å²) in [5, 5.41) is 10.0. The maximum Gasteiger partial charge on any atom is 0.335 e. The van der Waals surface area contributed by atoms with Gasteiger partial charge in [-0.25, -0.2) is 9.59 Å². The highest BCUT2D eigenvalue weighted by atomic mass is 16.5. The molecule has 0 saturated heterocycles. The van der Waals surface area contributed by atoms with Gasteiger partial charge in [-0.2, -0.15) is 4.99 Å². The smallest absolute Gasteiger partial charge is 0.335 e. The number of benzene rings is 2. The molecule has 132 heavy (non-hydrogen) atoms. The Balaban J connectivity index is 0.00000132. The molecular formula is C122H227NO9. The predicted molar refractivity (Wildman–Crippen MR) is 578 cm³/mol. The average Bonchev–Trinajstić information content (AvgIpc) is 0.823. The number of carbonyl (C=O) groups is 1. The molecule has 10 nitrogen and oxygen atoms in total. The number of carbonyl (C=O) groups excluding carboxylic acids is 1. The maximum absolute atomic E-state index is 12.3. The molecule has 0 fully saturated rings. The largest absolute Gasteiger partial charge is 0.490 e. The summed E-state index contributed by atoms with van der Waals surface area (Å²) in [5.74, 6) is 2.64. The van der Waals surface area contributed by atoms with Crippen LogP contribution in [0.3, 0.4) is 0 Å². The normalized spacial score (nSPS) is 11.4. The summed E-state index contributed by atoms with van der Waals surface area (Å²) in [6, 6.07) is 6.97. The van der Waals surface area contributed by atoms with Crippen molar-refractivity contribution < 1.29 is 43.1 Å². The zero-order chi connectivity index (χ0) is 94.8. The lowest BCUT2D eigenvalue weighted by Crippen LogP contribution is -2.08. The van der Waals surface area contributed by atoms with Crippen molar-refractivity contribution in [3.63, 3.8) is 0 Å². The van der Waals surface area contributed by atoms with Crippen molar-refractivity contribution in [3.8, 4) is 34.5 Å². The van der Waals surface area contributed by atoms with Gasteiger partial charge in [-0.05, 0) is 50.7 Å². The molecule has 0 radical (unpaired) electrons. The highest BCUT2D eigenvalue weighted by Crippen LogP contribution is 2.43. The highest BCUT2D eigenvalue weighted by Gasteiger charge is 2.21. The summed E-state index contributed by atoms with van der Waals surface area (Å²) in [4.78, 5) is 27.6. The van der Waals surface area contributed by atoms with Crippen molar-refractivity contribution in [1.82, 2.24) is 0 Å². The van der Waals surface area contributed by atoms with Crippen LogP contribution >= 0.6 is 0 Å². The molecule has 1 N–H and O–H groups in total. The Morgan fingerprint density at radius 1 is 0.197 bits per heavy atom. The Bertz CT molecular complexity index is 2370. The number of rotatable bonds is 110. The summed E-state index contributed by atoms with van der Waals surface area (Å²) in [5.41, 5.74) is 0.720. The van der Waals surface area contributed by atoms with Crippen molar-refractivity contribution >= 4 is 17.7 Å². The fraction of sp³-hybridized carbons (Fsp3) is 0.885. The van der Waals surface area contributed by atoms with E-state index in [9.17, 15) is 14.7 Å². The van der Waals surface area contributed by atoms with E-state index < -0.39 is 5.97 Å². The first-order valence-electron chi connectivity index (χ1n) is 59.8. The molecule has 2 rings (SSSR count). The summed E-state index contributed by atoms with van der Waals surface area (Å²) >= 11 is 0. The van der Waals surface area contributed by atoms with E-state index >= 15 is 0 Å². The number of carboxylic acids is 1. The van der Waals surface area contributed by atoms with E-state index in [1.165, 1.54) is 559 Å². The maximum atomic E-state index is 12.3. The Hall–Kier alpha value is -3.91. The molecule has 774 valence electrons. The van der Waals surface area contributed by atoms with Gasteiger partial charge in [0, 0.05) is 12.1 Å². The number of isocyanates is 1. The zero-order valence-electron chi connectivity index (χ0n) is 89.6. The second-order valence-corrected chi connectivity index (χ2v) is 41.0. The summed E-state index contributed by atoms with van der Waals surface area (Å²) in [6.45, 7) is 17.4. The van der Waals surface area contributed by atoms with Crippen LogP contribution in [0.1, 0.15) is 668 Å². The minimum atomic E-state index is -0.959. The van der Waals surface area contributed by atoms with E-state index in [1.54, 1.807) is 18.2 Å². The number of unbranched alkanes of at least 4 members (excludes halogenated alkanes) is 90. The van der Waals surface area contributed by atoms with Crippen molar-refractivity contribution in [1.29, 1.82) is 0 Å². The topological polar surface area (TPSA) is 122 Å². The molecule has 2 aromatic rings. The molecule has 0 aromatic heterocycles. The first kappa shape index (κ1) is 126. The quantitative estimate of drug-likeness (QED) is 0.0392. The van der Waals surface area contributed by atoms with Crippen LogP contribution in [0.25, 0.3) is 0 Å². The van der Waals surface area contributed by atoms with Gasteiger partial charge in [-0.1, -0.05) is 619 Å². The molecule has 0 heterocycles. The van der Waals surface area contributed by atoms with Gasteiger partial charge >= 0.3 is 5.97 Å². The van der Waals surface area contributed by atoms with E-state index in [1.807, 2.05) is 12.1 Å². The van der Waals surface area contributed by atoms with Gasteiger partial charge in [0.15, 0.2) is 23.0 Å². The second kappa shape index (κ2) is 108. The van der Waals surface area contributed by atoms with Crippen LogP contribution in [0.4, 0.5) is 5.69 Å². The van der Waals surface area contributed by atoms with Gasteiger partial charge in [-0.15, -0.1) is 0 Å². The van der Waals surface area contributed by atoms with E-state index in [0.717, 1.165) is 57.8 Å². The van der Waals surface area contributed by atoms with Crippen molar-refractivity contribution in [2.45, 2.75) is 658 Å². The standard InChI is InChI=1S/C61H113NO4.C61H114O5/c1-4-7-10-13-16-19-22-25-28-31-34-37-40-43-46-49-52-64-59-55-58(62-57-63)56-60(65-53-50-47-44-41-38-35-32-29-26-23-20-17-14-11-8-5-2)61(59)66-54-51-48-45-42-39-36-33-30-27-24-21-18-15-12-9-6-3;1-4-7-10-13-16-19-22-25-28-31-34-37-40-43-46-49-52-64-58-55-57(61(62)63)56-59(65-53-50-47-44-41-38-35-32-29-26-23-20-17-14-11-8-5-2)60(58)66-54-51-48-45-42-39-36-33-30-27-24-21-18-15-12-9-6-3/h55-56H,4-54H2,1-3H3;55-56H,4-54H2,1-3H3,(H,62,63). The van der Waals surface area contributed by atoms with Crippen molar-refractivity contribution in [3.05, 3.63) is 29.8 Å². The Labute approximate surface area is 822 Å². The third kappa shape index (κ3) is 88.8. The fourth-order valence-corrected chi connectivity index (χ4v) is 19.1. The molecule has 0 bridgehead atoms. The van der Waals surface area contributed by atoms with Gasteiger partial charge in [0.05, 0.1) is 50.9 Å². The van der Waals surface area contributed by atoms with Crippen LogP contribution in [0.15, 0.2) is 29.3 Å². The molecular weight excluding hydrogens is 1620 g/mol. The highest BCUT2D eigenvalue weighted by molar-refractivity contribution is 5.89. The number of aliphatic imine (C=N–C) groups is 1. The number of hydrogen-bond acceptors (Lipinski definition) is 9. The molecule has 0 aliphatic heterocycles. The summed E-state index contributed by atoms with van der Waals surface area (Å²) in [6.07, 6.45) is 131. The van der Waals surface area contributed by atoms with E-state index in [2.05, 4.69) is 46.5 Å². The first-order chi connectivity index (χ1) is 65.4. The molecule has 0 amide bonds. The van der Waals surface area contributed by atoms with Gasteiger partial charge in [0.2, 0.25) is 17.6 Å². The summed E-state index contributed by atoms with van der Waals surface area (Å²) in [7, 11) is 0. The Morgan fingerprint density at radius 3 is 0.447 bits per heavy atom. The van der Waals surface area contributed by atoms with Gasteiger partial charge < -0.3 is 33.5 Å². The van der Waals surface area contributed by atoms with E-state index in [0.29, 0.717) is 79.8 Å². The van der Waals surface area contributed by atoms with Crippen LogP contribution < -0.4 is 28.4 Å². The number of carboxylic acid groups (broad SMARTS) is 1. The van der Waals surface area contributed by atoms with Crippen LogP contribution in [-0.2, 0) is 4.79 Å². The molecule has 0 spiro atoms. The monoisotopic (exact) mass is 1850 g/mol. The van der Waals surface area contributed by atoms with E-state index in [4.69, 9.17) is 28.4 Å². The van der Waals surface area contributed by atoms with Crippen LogP contribution in [0.2, 0.25) is 0 Å². The molecule has 0 saturated carbocycles. The van der Waals surface area contributed by atoms with Crippen molar-refractivity contribution in [2.75, 3.05) is 39.6 Å². The second-order valence-electron chi connectivity index (χ2n) is 41.0. The lowest BCUT2D eigenvalue weighted by atomic mass is 10.0. The SMILES string of the molecule is CCCCCCCCCCCCCCCCCCOc1cc(C(=O)O)cc(OCCCCCCCCCCCCCCCCCC)c1OCCCCCCCCCCCCCCCCCC.CCCCCCCCCCCCCCCCCCOc1cc(N=C=O)cc(OCCCCCCCCCCCCCCCCCC)c1OCCCCCCCCCCCCCCCCCC. The Kier molecular flexibility index (Phi) is 103. The summed E-state index contributed by atoms with van der Waals surface area (Å²) < 4.78 is 38.4. The lowest BCUT2D eigenvalue weighted by molar-refractivity contribution is 0.0695. The average molecular weight is 1850 g/mol. The predicted octanol–water partition coefficient (Wildman–Crippen LogP) is 42.9. The van der Waals surface area contributed by atoms with Crippen LogP contribution in [0, 0.1) is 0 Å². The number of nitrogens with zero attached hydrogens (tertiary/aromatic N) is 1. The van der Waals surface area contributed by atoms with E-state index in [-0.39, 0.29) is 5.56 Å². The fourth-order valence-electron chi connectivity index (χ4n) is 19.1. The molecule has 0 atom stereocenters. The third-order valence-corrected chi connectivity index (χ3v) is 28.0. The Morgan fingerprint density at radius 2 is 0.318 bits per heavy atom. The molecule has 2 aromatic carbocycles. The molecule has 0 aliphatic carbocycles. The minimum absolute atomic E-state index is 0.203. The number of aromatic carboxylic acids is 1. The van der Waals surface area contributed by atoms with Gasteiger partial charge in [0.1, 0.15) is 0 Å². The van der Waals surface area contributed by atoms with Crippen LogP contribution in [-0.4, -0.2) is 56.8 Å². The first-order valence-corrected chi connectivity index (χ1v) is 59.8.